The first kappa shape index (κ1) is 45.8. The largest absolute Gasteiger partial charge is 0.486 e. The Morgan fingerprint density at radius 3 is 1.86 bits per heavy atom. The lowest BCUT2D eigenvalue weighted by Gasteiger charge is -2.28. The van der Waals surface area contributed by atoms with Crippen molar-refractivity contribution in [2.24, 2.45) is 11.8 Å². The highest BCUT2D eigenvalue weighted by Crippen LogP contribution is 2.25. The standard InChI is InChI=1S/C53H51N3O8S/c57-44-30-42(31-46-17-10-26-65-46)51(61)55-48(29-38-18-22-41(23-19-38)40-15-8-3-9-16-40)52(62)54-47(28-36-11-4-1-5-12-36)49(58)32-43(27-37-20-24-45(25-21-37)64-35-44)53(63)56(34-50(59)60)33-39-13-6-2-7-14-39/h1-26,42-43,47-48H,27-35H2,(H,54,62)(H,55,61)(H,59,60)/t42-,43+,47-,48-/m0/s1. The minimum absolute atomic E-state index is 0.00281. The van der Waals surface area contributed by atoms with Gasteiger partial charge in [-0.15, -0.1) is 11.3 Å². The van der Waals surface area contributed by atoms with Gasteiger partial charge >= 0.3 is 5.97 Å². The third-order valence-corrected chi connectivity index (χ3v) is 12.3. The molecule has 0 fully saturated rings. The molecular weight excluding hydrogens is 839 g/mol. The van der Waals surface area contributed by atoms with E-state index in [0.717, 1.165) is 32.7 Å². The molecule has 11 nitrogen and oxygen atoms in total. The number of hydrogen-bond donors (Lipinski definition) is 3. The van der Waals surface area contributed by atoms with Crippen molar-refractivity contribution in [1.82, 2.24) is 15.5 Å². The minimum Gasteiger partial charge on any atom is -0.486 e. The Hall–Kier alpha value is -7.18. The summed E-state index contributed by atoms with van der Waals surface area (Å²) in [4.78, 5) is 86.4. The fourth-order valence-electron chi connectivity index (χ4n) is 8.07. The first-order valence-corrected chi connectivity index (χ1v) is 22.6. The number of nitrogens with one attached hydrogen (secondary N) is 2. The van der Waals surface area contributed by atoms with Gasteiger partial charge in [-0.25, -0.2) is 0 Å². The molecule has 3 N–H and O–H groups in total. The van der Waals surface area contributed by atoms with Crippen molar-refractivity contribution in [3.63, 3.8) is 0 Å². The van der Waals surface area contributed by atoms with E-state index in [0.29, 0.717) is 11.3 Å². The summed E-state index contributed by atoms with van der Waals surface area (Å²) in [5.74, 6) is -5.05. The Bertz CT molecular complexity index is 2530. The molecule has 12 heteroatoms. The van der Waals surface area contributed by atoms with Crippen molar-refractivity contribution in [3.05, 3.63) is 184 Å². The van der Waals surface area contributed by atoms with Crippen LogP contribution in [0.15, 0.2) is 157 Å². The molecule has 3 heterocycles. The number of carbonyl (C=O) groups is 6. The maximum Gasteiger partial charge on any atom is 0.323 e. The van der Waals surface area contributed by atoms with Gasteiger partial charge < -0.3 is 25.4 Å². The van der Waals surface area contributed by atoms with E-state index >= 15 is 0 Å². The van der Waals surface area contributed by atoms with Crippen LogP contribution in [0, 0.1) is 11.8 Å². The number of carbonyl (C=O) groups excluding carboxylic acids is 5. The van der Waals surface area contributed by atoms with E-state index in [9.17, 15) is 33.9 Å². The number of nitrogens with zero attached hydrogens (tertiary/aromatic N) is 1. The van der Waals surface area contributed by atoms with E-state index in [1.807, 2.05) is 109 Å². The first-order valence-electron chi connectivity index (χ1n) is 21.7. The third kappa shape index (κ3) is 13.4. The Labute approximate surface area is 382 Å². The summed E-state index contributed by atoms with van der Waals surface area (Å²) in [6, 6.07) is 44.0. The molecule has 1 aromatic heterocycles. The Balaban J connectivity index is 1.25. The van der Waals surface area contributed by atoms with Gasteiger partial charge in [0.1, 0.15) is 24.9 Å². The average Bonchev–Trinajstić information content (AvgIpc) is 3.84. The molecule has 332 valence electrons. The van der Waals surface area contributed by atoms with Crippen LogP contribution in [0.5, 0.6) is 5.75 Å². The molecule has 0 aliphatic carbocycles. The highest BCUT2D eigenvalue weighted by atomic mass is 32.1. The lowest BCUT2D eigenvalue weighted by atomic mass is 9.88. The predicted molar refractivity (Wildman–Crippen MR) is 249 cm³/mol. The number of thiophene rings is 1. The van der Waals surface area contributed by atoms with Crippen LogP contribution in [-0.2, 0) is 61.0 Å². The second-order valence-corrected chi connectivity index (χ2v) is 17.4. The van der Waals surface area contributed by atoms with E-state index in [2.05, 4.69) is 10.6 Å². The monoisotopic (exact) mass is 889 g/mol. The number of aliphatic carboxylic acids is 1. The maximum absolute atomic E-state index is 14.8. The quantitative estimate of drug-likeness (QED) is 0.115. The fraction of sp³-hybridized carbons (Fsp3) is 0.245. The number of carboxylic acids is 1. The van der Waals surface area contributed by atoms with Gasteiger partial charge in [0.05, 0.1) is 6.04 Å². The van der Waals surface area contributed by atoms with Crippen LogP contribution in [0.1, 0.15) is 40.0 Å². The highest BCUT2D eigenvalue weighted by Gasteiger charge is 2.34. The van der Waals surface area contributed by atoms with Gasteiger partial charge in [-0.2, -0.15) is 0 Å². The topological polar surface area (TPSA) is 159 Å². The summed E-state index contributed by atoms with van der Waals surface area (Å²) >= 11 is 1.47. The molecule has 6 aromatic rings. The van der Waals surface area contributed by atoms with Crippen molar-refractivity contribution < 1.29 is 38.6 Å². The van der Waals surface area contributed by atoms with Crippen LogP contribution in [-0.4, -0.2) is 70.5 Å². The van der Waals surface area contributed by atoms with Crippen molar-refractivity contribution in [1.29, 1.82) is 0 Å². The van der Waals surface area contributed by atoms with Crippen LogP contribution < -0.4 is 15.4 Å². The van der Waals surface area contributed by atoms with Gasteiger partial charge in [-0.1, -0.05) is 133 Å². The molecule has 5 aromatic carbocycles. The van der Waals surface area contributed by atoms with Gasteiger partial charge in [0.2, 0.25) is 17.7 Å². The van der Waals surface area contributed by atoms with E-state index < -0.39 is 59.9 Å². The zero-order valence-electron chi connectivity index (χ0n) is 35.8. The molecule has 2 aliphatic heterocycles. The number of amides is 3. The van der Waals surface area contributed by atoms with E-state index in [1.54, 1.807) is 48.5 Å². The third-order valence-electron chi connectivity index (χ3n) is 11.5. The molecule has 0 unspecified atom stereocenters. The smallest absolute Gasteiger partial charge is 0.323 e. The van der Waals surface area contributed by atoms with Crippen molar-refractivity contribution >= 4 is 46.6 Å². The van der Waals surface area contributed by atoms with Gasteiger partial charge in [0.25, 0.3) is 0 Å². The number of ether oxygens (including phenoxy) is 1. The molecule has 0 radical (unpaired) electrons. The lowest BCUT2D eigenvalue weighted by Crippen LogP contribution is -2.54. The second kappa shape index (κ2) is 22.4. The Kier molecular flexibility index (Phi) is 15.8. The molecule has 2 bridgehead atoms. The van der Waals surface area contributed by atoms with Crippen molar-refractivity contribution in [2.75, 3.05) is 13.2 Å². The molecule has 0 saturated heterocycles. The number of carboxylic acid groups (broad SMARTS) is 1. The minimum atomic E-state index is -1.21. The SMILES string of the molecule is O=C(O)CN(Cc1ccccc1)C(=O)[C@H]1CC(=O)[C@H](Cc2ccccc2)NC(=O)[C@H](Cc2ccc(-c3ccccc3)cc2)NC(=O)[C@H](Cc2cccs2)CC(=O)COc2ccc(cc2)C1. The molecule has 2 aliphatic rings. The van der Waals surface area contributed by atoms with E-state index in [-0.39, 0.29) is 57.5 Å². The predicted octanol–water partition coefficient (Wildman–Crippen LogP) is 7.31. The average molecular weight is 890 g/mol. The fourth-order valence-corrected chi connectivity index (χ4v) is 8.85. The van der Waals surface area contributed by atoms with Crippen LogP contribution in [0.3, 0.4) is 0 Å². The zero-order chi connectivity index (χ0) is 45.5. The highest BCUT2D eigenvalue weighted by molar-refractivity contribution is 7.09. The number of Topliss-reactive ketones (excluding diaryl/α,β-unsaturated/α-hetero) is 2. The molecule has 4 atom stereocenters. The number of hydrogen-bond acceptors (Lipinski definition) is 8. The number of benzene rings is 5. The Morgan fingerprint density at radius 1 is 0.615 bits per heavy atom. The van der Waals surface area contributed by atoms with Crippen LogP contribution in [0.25, 0.3) is 11.1 Å². The first-order chi connectivity index (χ1) is 31.6. The normalized spacial score (nSPS) is 18.6. The summed E-state index contributed by atoms with van der Waals surface area (Å²) < 4.78 is 5.89. The molecule has 65 heavy (non-hydrogen) atoms. The van der Waals surface area contributed by atoms with Gasteiger partial charge in [-0.3, -0.25) is 28.8 Å². The van der Waals surface area contributed by atoms with Crippen molar-refractivity contribution in [3.8, 4) is 16.9 Å². The van der Waals surface area contributed by atoms with Gasteiger partial charge in [0, 0.05) is 42.5 Å². The number of rotatable bonds is 12. The van der Waals surface area contributed by atoms with E-state index in [4.69, 9.17) is 4.74 Å². The zero-order valence-corrected chi connectivity index (χ0v) is 36.7. The number of fused-ring (bicyclic) bond motifs is 16. The number of ketones is 2. The van der Waals surface area contributed by atoms with Crippen LogP contribution in [0.4, 0.5) is 0 Å². The van der Waals surface area contributed by atoms with E-state index in [1.165, 1.54) is 16.2 Å². The summed E-state index contributed by atoms with van der Waals surface area (Å²) in [7, 11) is 0. The summed E-state index contributed by atoms with van der Waals surface area (Å²) in [5.41, 5.74) is 4.89. The lowest BCUT2D eigenvalue weighted by molar-refractivity contribution is -0.147. The van der Waals surface area contributed by atoms with Crippen LogP contribution >= 0.6 is 11.3 Å². The maximum atomic E-state index is 14.8. The summed E-state index contributed by atoms with van der Waals surface area (Å²) in [6.45, 7) is -0.890. The Morgan fingerprint density at radius 2 is 1.22 bits per heavy atom. The summed E-state index contributed by atoms with van der Waals surface area (Å²) in [6.07, 6.45) is 0.0237. The van der Waals surface area contributed by atoms with Crippen molar-refractivity contribution in [2.45, 2.75) is 57.2 Å². The van der Waals surface area contributed by atoms with Gasteiger partial charge in [0.15, 0.2) is 11.6 Å². The summed E-state index contributed by atoms with van der Waals surface area (Å²) in [5, 5.41) is 17.8. The molecular formula is C53H51N3O8S. The van der Waals surface area contributed by atoms with Gasteiger partial charge in [-0.05, 0) is 76.2 Å². The molecule has 8 rings (SSSR count). The molecule has 0 saturated carbocycles. The molecule has 3 amide bonds. The second-order valence-electron chi connectivity index (χ2n) is 16.4. The molecule has 0 spiro atoms. The van der Waals surface area contributed by atoms with Crippen LogP contribution in [0.2, 0.25) is 0 Å².